The second-order valence-electron chi connectivity index (χ2n) is 6.26. The van der Waals surface area contributed by atoms with Crippen LogP contribution in [0.25, 0.3) is 0 Å². The van der Waals surface area contributed by atoms with Gasteiger partial charge >= 0.3 is 0 Å². The molecule has 0 amide bonds. The van der Waals surface area contributed by atoms with Crippen molar-refractivity contribution in [1.82, 2.24) is 10.2 Å². The molecule has 1 saturated heterocycles. The smallest absolute Gasteiger partial charge is 0.171 e. The maximum absolute atomic E-state index is 5.38. The van der Waals surface area contributed by atoms with E-state index in [1.807, 2.05) is 18.2 Å². The lowest BCUT2D eigenvalue weighted by atomic mass is 10.2. The van der Waals surface area contributed by atoms with Gasteiger partial charge in [0, 0.05) is 44.1 Å². The van der Waals surface area contributed by atoms with Crippen LogP contribution < -0.4 is 15.5 Å². The number of thiocarbonyl (C=S) groups is 1. The van der Waals surface area contributed by atoms with Gasteiger partial charge in [0.15, 0.2) is 5.11 Å². The molecule has 4 nitrogen and oxygen atoms in total. The largest absolute Gasteiger partial charge is 0.369 e. The molecule has 0 aromatic heterocycles. The van der Waals surface area contributed by atoms with E-state index < -0.39 is 0 Å². The standard InChI is InChI=1S/C20H26N4S/c1-2-23-12-14-24(15-13-23)19-10-8-18(9-11-19)22-20(25)21-16-17-6-4-3-5-7-17/h3-11H,2,12-16H2,1H3,(H2,21,22,25). The second-order valence-corrected chi connectivity index (χ2v) is 6.67. The molecule has 0 bridgehead atoms. The van der Waals surface area contributed by atoms with Crippen LogP contribution in [0.4, 0.5) is 11.4 Å². The highest BCUT2D eigenvalue weighted by Gasteiger charge is 2.15. The number of hydrogen-bond acceptors (Lipinski definition) is 3. The Morgan fingerprint density at radius 1 is 0.960 bits per heavy atom. The van der Waals surface area contributed by atoms with Crippen LogP contribution in [-0.2, 0) is 6.54 Å². The van der Waals surface area contributed by atoms with Crippen molar-refractivity contribution < 1.29 is 0 Å². The molecule has 2 aromatic carbocycles. The number of hydrogen-bond donors (Lipinski definition) is 2. The highest BCUT2D eigenvalue weighted by molar-refractivity contribution is 7.80. The van der Waals surface area contributed by atoms with Crippen molar-refractivity contribution in [2.45, 2.75) is 13.5 Å². The van der Waals surface area contributed by atoms with Gasteiger partial charge in [0.25, 0.3) is 0 Å². The molecular formula is C20H26N4S. The summed E-state index contributed by atoms with van der Waals surface area (Å²) in [6.07, 6.45) is 0. The average molecular weight is 355 g/mol. The van der Waals surface area contributed by atoms with Gasteiger partial charge in [-0.05, 0) is 48.6 Å². The molecule has 1 heterocycles. The van der Waals surface area contributed by atoms with Gasteiger partial charge in [-0.2, -0.15) is 0 Å². The fraction of sp³-hybridized carbons (Fsp3) is 0.350. The quantitative estimate of drug-likeness (QED) is 0.805. The highest BCUT2D eigenvalue weighted by Crippen LogP contribution is 2.19. The summed E-state index contributed by atoms with van der Waals surface area (Å²) in [7, 11) is 0. The lowest BCUT2D eigenvalue weighted by Gasteiger charge is -2.35. The zero-order chi connectivity index (χ0) is 17.5. The molecule has 1 fully saturated rings. The van der Waals surface area contributed by atoms with E-state index in [2.05, 4.69) is 63.8 Å². The van der Waals surface area contributed by atoms with Crippen LogP contribution in [0.1, 0.15) is 12.5 Å². The van der Waals surface area contributed by atoms with Crippen LogP contribution in [-0.4, -0.2) is 42.7 Å². The minimum atomic E-state index is 0.646. The number of benzene rings is 2. The van der Waals surface area contributed by atoms with Crippen LogP contribution >= 0.6 is 12.2 Å². The number of rotatable bonds is 5. The molecule has 1 aliphatic heterocycles. The third kappa shape index (κ3) is 5.18. The van der Waals surface area contributed by atoms with Gasteiger partial charge in [-0.15, -0.1) is 0 Å². The molecule has 0 atom stereocenters. The van der Waals surface area contributed by atoms with Crippen molar-refractivity contribution in [3.63, 3.8) is 0 Å². The van der Waals surface area contributed by atoms with Crippen LogP contribution in [0, 0.1) is 0 Å². The fourth-order valence-electron chi connectivity index (χ4n) is 3.03. The van der Waals surface area contributed by atoms with Crippen molar-refractivity contribution in [1.29, 1.82) is 0 Å². The van der Waals surface area contributed by atoms with Gasteiger partial charge in [-0.25, -0.2) is 0 Å². The molecule has 0 radical (unpaired) electrons. The zero-order valence-electron chi connectivity index (χ0n) is 14.7. The molecule has 0 unspecified atom stereocenters. The first-order chi connectivity index (χ1) is 12.2. The lowest BCUT2D eigenvalue weighted by Crippen LogP contribution is -2.46. The topological polar surface area (TPSA) is 30.5 Å². The number of nitrogens with one attached hydrogen (secondary N) is 2. The van der Waals surface area contributed by atoms with Crippen LogP contribution in [0.5, 0.6) is 0 Å². The molecule has 132 valence electrons. The Kier molecular flexibility index (Phi) is 6.25. The summed E-state index contributed by atoms with van der Waals surface area (Å²) in [6.45, 7) is 8.57. The van der Waals surface area contributed by atoms with E-state index in [9.17, 15) is 0 Å². The molecular weight excluding hydrogens is 328 g/mol. The van der Waals surface area contributed by atoms with E-state index in [4.69, 9.17) is 12.2 Å². The van der Waals surface area contributed by atoms with Crippen molar-refractivity contribution in [3.8, 4) is 0 Å². The Labute approximate surface area is 155 Å². The van der Waals surface area contributed by atoms with Crippen molar-refractivity contribution in [2.24, 2.45) is 0 Å². The summed E-state index contributed by atoms with van der Waals surface area (Å²) >= 11 is 5.38. The monoisotopic (exact) mass is 354 g/mol. The third-order valence-electron chi connectivity index (χ3n) is 4.61. The Morgan fingerprint density at radius 2 is 1.64 bits per heavy atom. The van der Waals surface area contributed by atoms with E-state index in [1.54, 1.807) is 0 Å². The van der Waals surface area contributed by atoms with E-state index in [-0.39, 0.29) is 0 Å². The first-order valence-electron chi connectivity index (χ1n) is 8.91. The van der Waals surface area contributed by atoms with Gasteiger partial charge in [-0.1, -0.05) is 37.3 Å². The molecule has 25 heavy (non-hydrogen) atoms. The van der Waals surface area contributed by atoms with Gasteiger partial charge in [0.2, 0.25) is 0 Å². The van der Waals surface area contributed by atoms with Gasteiger partial charge in [-0.3, -0.25) is 0 Å². The maximum Gasteiger partial charge on any atom is 0.171 e. The molecule has 0 saturated carbocycles. The Morgan fingerprint density at radius 3 is 2.28 bits per heavy atom. The minimum Gasteiger partial charge on any atom is -0.369 e. The SMILES string of the molecule is CCN1CCN(c2ccc(NC(=S)NCc3ccccc3)cc2)CC1. The Balaban J connectivity index is 1.48. The number of piperazine rings is 1. The molecule has 0 spiro atoms. The van der Waals surface area contributed by atoms with Crippen molar-refractivity contribution in [3.05, 3.63) is 60.2 Å². The number of likely N-dealkylation sites (N-methyl/N-ethyl adjacent to an activating group) is 1. The normalized spacial score (nSPS) is 15.0. The summed E-state index contributed by atoms with van der Waals surface area (Å²) in [6, 6.07) is 18.8. The fourth-order valence-corrected chi connectivity index (χ4v) is 3.22. The maximum atomic E-state index is 5.38. The van der Waals surface area contributed by atoms with E-state index in [0.29, 0.717) is 5.11 Å². The Bertz CT molecular complexity index is 664. The molecule has 0 aliphatic carbocycles. The average Bonchev–Trinajstić information content (AvgIpc) is 2.68. The van der Waals surface area contributed by atoms with Crippen LogP contribution in [0.2, 0.25) is 0 Å². The summed E-state index contributed by atoms with van der Waals surface area (Å²) in [5.74, 6) is 0. The van der Waals surface area contributed by atoms with E-state index in [1.165, 1.54) is 11.3 Å². The number of anilines is 2. The van der Waals surface area contributed by atoms with Crippen LogP contribution in [0.3, 0.4) is 0 Å². The molecule has 3 rings (SSSR count). The van der Waals surface area contributed by atoms with E-state index >= 15 is 0 Å². The van der Waals surface area contributed by atoms with Gasteiger partial charge in [0.1, 0.15) is 0 Å². The van der Waals surface area contributed by atoms with Crippen LogP contribution in [0.15, 0.2) is 54.6 Å². The molecule has 2 aromatic rings. The number of nitrogens with zero attached hydrogens (tertiary/aromatic N) is 2. The molecule has 5 heteroatoms. The zero-order valence-corrected chi connectivity index (χ0v) is 15.6. The minimum absolute atomic E-state index is 0.646. The molecule has 1 aliphatic rings. The molecule has 2 N–H and O–H groups in total. The summed E-state index contributed by atoms with van der Waals surface area (Å²) in [5, 5.41) is 7.14. The lowest BCUT2D eigenvalue weighted by molar-refractivity contribution is 0.271. The van der Waals surface area contributed by atoms with Crippen molar-refractivity contribution >= 4 is 28.7 Å². The third-order valence-corrected chi connectivity index (χ3v) is 4.85. The summed E-state index contributed by atoms with van der Waals surface area (Å²) in [4.78, 5) is 4.94. The first kappa shape index (κ1) is 17.7. The van der Waals surface area contributed by atoms with Gasteiger partial charge < -0.3 is 20.4 Å². The summed E-state index contributed by atoms with van der Waals surface area (Å²) < 4.78 is 0. The highest BCUT2D eigenvalue weighted by atomic mass is 32.1. The van der Waals surface area contributed by atoms with Crippen molar-refractivity contribution in [2.75, 3.05) is 42.9 Å². The summed E-state index contributed by atoms with van der Waals surface area (Å²) in [5.41, 5.74) is 3.51. The van der Waals surface area contributed by atoms with E-state index in [0.717, 1.165) is 45.0 Å². The Hall–Kier alpha value is -2.11. The first-order valence-corrected chi connectivity index (χ1v) is 9.31. The van der Waals surface area contributed by atoms with Gasteiger partial charge in [0.05, 0.1) is 0 Å². The predicted octanol–water partition coefficient (Wildman–Crippen LogP) is 3.32. The predicted molar refractivity (Wildman–Crippen MR) is 110 cm³/mol. The second kappa shape index (κ2) is 8.83.